The average Bonchev–Trinajstić information content (AvgIpc) is 1.54. The van der Waals surface area contributed by atoms with Crippen molar-refractivity contribution in [2.45, 2.75) is 10.8 Å². The molecule has 22 rings (SSSR count). The fraction of sp³-hybridized carbons (Fsp3) is 0.0192. The van der Waals surface area contributed by atoms with Gasteiger partial charge in [-0.05, 0) is 150 Å². The van der Waals surface area contributed by atoms with E-state index in [0.717, 1.165) is 60.9 Å². The van der Waals surface area contributed by atoms with Crippen LogP contribution in [-0.2, 0) is 10.8 Å². The average molecular weight is 1450 g/mol. The Labute approximate surface area is 651 Å². The molecular formula is C104H66N6OS. The van der Waals surface area contributed by atoms with Gasteiger partial charge in [0.15, 0.2) is 34.9 Å². The number of hydrogen-bond acceptors (Lipinski definition) is 8. The molecule has 20 aromatic rings. The lowest BCUT2D eigenvalue weighted by molar-refractivity contribution is 0.665. The van der Waals surface area contributed by atoms with Crippen molar-refractivity contribution in [1.82, 2.24) is 29.9 Å². The maximum absolute atomic E-state index is 6.73. The molecule has 0 saturated carbocycles. The molecule has 0 unspecified atom stereocenters. The minimum Gasteiger partial charge on any atom is -0.456 e. The number of benzene rings is 16. The summed E-state index contributed by atoms with van der Waals surface area (Å²) < 4.78 is 9.21. The van der Waals surface area contributed by atoms with Gasteiger partial charge in [0.25, 0.3) is 0 Å². The zero-order valence-electron chi connectivity index (χ0n) is 60.6. The highest BCUT2D eigenvalue weighted by Gasteiger charge is 2.48. The molecule has 0 fully saturated rings. The highest BCUT2D eigenvalue weighted by atomic mass is 32.1. The van der Waals surface area contributed by atoms with Gasteiger partial charge in [-0.15, -0.1) is 11.3 Å². The van der Waals surface area contributed by atoms with E-state index in [4.69, 9.17) is 34.3 Å². The molecule has 524 valence electrons. The minimum absolute atomic E-state index is 0.500. The van der Waals surface area contributed by atoms with E-state index in [0.29, 0.717) is 34.9 Å². The van der Waals surface area contributed by atoms with Crippen LogP contribution in [0, 0.1) is 0 Å². The molecule has 0 radical (unpaired) electrons. The minimum atomic E-state index is -0.567. The molecule has 7 nitrogen and oxygen atoms in total. The highest BCUT2D eigenvalue weighted by molar-refractivity contribution is 7.25. The van der Waals surface area contributed by atoms with Crippen molar-refractivity contribution >= 4 is 53.4 Å². The SMILES string of the molecule is c1ccc(-c2cccc(C3(c4ccc5c(c4)oc4ccc(-c6nc(-c7ccccc7)nc(-c7ccccc7)n6)cc45)c4ccccc4-c4ccccc43)c2)cc1.c1ccc(-c2cccc(C3(c4ccc5c(c4)sc4ccc(-c6nc(-c7ccccc7)nc(-c7ccccc7)n6)cc45)c4ccccc4-c4ccccc43)c2)cc1. The molecule has 0 saturated heterocycles. The highest BCUT2D eigenvalue weighted by Crippen LogP contribution is 2.59. The van der Waals surface area contributed by atoms with Crippen molar-refractivity contribution in [2.24, 2.45) is 0 Å². The van der Waals surface area contributed by atoms with Gasteiger partial charge in [0, 0.05) is 64.3 Å². The molecular weight excluding hydrogens is 1380 g/mol. The first-order valence-corrected chi connectivity index (χ1v) is 38.7. The van der Waals surface area contributed by atoms with Crippen LogP contribution in [0.3, 0.4) is 0 Å². The van der Waals surface area contributed by atoms with Crippen molar-refractivity contribution in [3.8, 4) is 113 Å². The predicted molar refractivity (Wildman–Crippen MR) is 458 cm³/mol. The predicted octanol–water partition coefficient (Wildman–Crippen LogP) is 26.1. The molecule has 2 aliphatic carbocycles. The number of rotatable bonds is 12. The second kappa shape index (κ2) is 27.3. The van der Waals surface area contributed by atoms with Crippen LogP contribution in [0.1, 0.15) is 44.5 Å². The summed E-state index contributed by atoms with van der Waals surface area (Å²) in [5, 5.41) is 4.48. The van der Waals surface area contributed by atoms with Crippen LogP contribution >= 0.6 is 11.3 Å². The topological polar surface area (TPSA) is 90.5 Å². The van der Waals surface area contributed by atoms with Gasteiger partial charge in [-0.2, -0.15) is 0 Å². The van der Waals surface area contributed by atoms with Gasteiger partial charge >= 0.3 is 0 Å². The molecule has 0 bridgehead atoms. The molecule has 0 atom stereocenters. The van der Waals surface area contributed by atoms with E-state index in [1.807, 2.05) is 145 Å². The van der Waals surface area contributed by atoms with Gasteiger partial charge in [-0.1, -0.05) is 340 Å². The quantitative estimate of drug-likeness (QED) is 0.120. The lowest BCUT2D eigenvalue weighted by atomic mass is 9.67. The first-order chi connectivity index (χ1) is 55.5. The van der Waals surface area contributed by atoms with Crippen molar-refractivity contribution in [3.05, 3.63) is 445 Å². The zero-order chi connectivity index (χ0) is 74.1. The summed E-state index contributed by atoms with van der Waals surface area (Å²) in [6, 6.07) is 142. The van der Waals surface area contributed by atoms with Crippen molar-refractivity contribution < 1.29 is 4.42 Å². The molecule has 2 aliphatic rings. The summed E-state index contributed by atoms with van der Waals surface area (Å²) in [6.45, 7) is 0. The first-order valence-electron chi connectivity index (χ1n) is 37.9. The van der Waals surface area contributed by atoms with E-state index in [1.165, 1.54) is 104 Å². The molecule has 4 aromatic heterocycles. The van der Waals surface area contributed by atoms with Crippen LogP contribution in [0.2, 0.25) is 0 Å². The largest absolute Gasteiger partial charge is 0.456 e. The van der Waals surface area contributed by atoms with Crippen LogP contribution < -0.4 is 0 Å². The Balaban J connectivity index is 0.000000141. The van der Waals surface area contributed by atoms with E-state index < -0.39 is 10.8 Å². The molecule has 0 aliphatic heterocycles. The summed E-state index contributed by atoms with van der Waals surface area (Å²) >= 11 is 1.84. The molecule has 0 amide bonds. The number of thiophene rings is 1. The Morgan fingerprint density at radius 3 is 0.920 bits per heavy atom. The molecule has 8 heteroatoms. The van der Waals surface area contributed by atoms with Crippen LogP contribution in [-0.4, -0.2) is 29.9 Å². The monoisotopic (exact) mass is 1450 g/mol. The van der Waals surface area contributed by atoms with E-state index in [1.54, 1.807) is 0 Å². The molecule has 112 heavy (non-hydrogen) atoms. The molecule has 4 heterocycles. The maximum atomic E-state index is 6.73. The van der Waals surface area contributed by atoms with E-state index in [2.05, 4.69) is 267 Å². The van der Waals surface area contributed by atoms with Crippen LogP contribution in [0.15, 0.2) is 405 Å². The second-order valence-electron chi connectivity index (χ2n) is 28.7. The number of nitrogens with zero attached hydrogens (tertiary/aromatic N) is 6. The Morgan fingerprint density at radius 1 is 0.188 bits per heavy atom. The number of aromatic nitrogens is 6. The van der Waals surface area contributed by atoms with Gasteiger partial charge in [0.1, 0.15) is 11.2 Å². The van der Waals surface area contributed by atoms with E-state index >= 15 is 0 Å². The summed E-state index contributed by atoms with van der Waals surface area (Å²) in [4.78, 5) is 29.9. The third kappa shape index (κ3) is 11.1. The Kier molecular flexibility index (Phi) is 16.1. The number of furan rings is 1. The fourth-order valence-corrected chi connectivity index (χ4v) is 18.5. The Bertz CT molecular complexity index is 6380. The van der Waals surface area contributed by atoms with Gasteiger partial charge in [0.05, 0.1) is 10.8 Å². The van der Waals surface area contributed by atoms with Crippen LogP contribution in [0.5, 0.6) is 0 Å². The number of hydrogen-bond donors (Lipinski definition) is 0. The summed E-state index contributed by atoms with van der Waals surface area (Å²) in [7, 11) is 0. The lowest BCUT2D eigenvalue weighted by Gasteiger charge is -2.34. The normalized spacial score (nSPS) is 12.8. The summed E-state index contributed by atoms with van der Waals surface area (Å²) in [5.41, 5.74) is 26.2. The molecule has 0 N–H and O–H groups in total. The van der Waals surface area contributed by atoms with Crippen LogP contribution in [0.25, 0.3) is 155 Å². The summed E-state index contributed by atoms with van der Waals surface area (Å²) in [5.74, 6) is 3.86. The van der Waals surface area contributed by atoms with Gasteiger partial charge in [-0.3, -0.25) is 0 Å². The second-order valence-corrected chi connectivity index (χ2v) is 29.8. The van der Waals surface area contributed by atoms with E-state index in [9.17, 15) is 0 Å². The Morgan fingerprint density at radius 2 is 0.509 bits per heavy atom. The maximum Gasteiger partial charge on any atom is 0.164 e. The smallest absolute Gasteiger partial charge is 0.164 e. The third-order valence-electron chi connectivity index (χ3n) is 22.4. The van der Waals surface area contributed by atoms with Gasteiger partial charge in [0.2, 0.25) is 0 Å². The van der Waals surface area contributed by atoms with E-state index in [-0.39, 0.29) is 0 Å². The molecule has 16 aromatic carbocycles. The standard InChI is InChI=1S/C52H33N3O.C52H33N3S/c2*1-4-15-34(16-5-1)37-21-14-22-39(31-37)52(45-25-12-10-23-41(45)42-24-11-13-26-46(42)52)40-28-29-43-44-32-38(27-30-47(44)56-48(43)33-40)51-54-49(35-17-6-2-7-18-35)53-50(55-51)36-19-8-3-9-20-36/h2*1-33H. The van der Waals surface area contributed by atoms with Gasteiger partial charge < -0.3 is 4.42 Å². The van der Waals surface area contributed by atoms with Gasteiger partial charge in [-0.25, -0.2) is 29.9 Å². The lowest BCUT2D eigenvalue weighted by Crippen LogP contribution is -2.28. The van der Waals surface area contributed by atoms with Crippen molar-refractivity contribution in [3.63, 3.8) is 0 Å². The molecule has 0 spiro atoms. The van der Waals surface area contributed by atoms with Crippen molar-refractivity contribution in [2.75, 3.05) is 0 Å². The Hall–Kier alpha value is -14.4. The summed E-state index contributed by atoms with van der Waals surface area (Å²) in [6.07, 6.45) is 0. The zero-order valence-corrected chi connectivity index (χ0v) is 61.4. The fourth-order valence-electron chi connectivity index (χ4n) is 17.3. The third-order valence-corrected chi connectivity index (χ3v) is 23.6. The first kappa shape index (κ1) is 65.8. The number of fused-ring (bicyclic) bond motifs is 12. The van der Waals surface area contributed by atoms with Crippen molar-refractivity contribution in [1.29, 1.82) is 0 Å². The van der Waals surface area contributed by atoms with Crippen LogP contribution in [0.4, 0.5) is 0 Å².